The van der Waals surface area contributed by atoms with Crippen molar-refractivity contribution < 1.29 is 13.5 Å². The van der Waals surface area contributed by atoms with Gasteiger partial charge in [-0.3, -0.25) is 4.79 Å². The van der Waals surface area contributed by atoms with Crippen molar-refractivity contribution >= 4 is 17.3 Å². The number of hydrogen-bond acceptors (Lipinski definition) is 5. The van der Waals surface area contributed by atoms with Gasteiger partial charge in [0, 0.05) is 31.4 Å². The lowest BCUT2D eigenvalue weighted by molar-refractivity contribution is -0.000631. The van der Waals surface area contributed by atoms with E-state index < -0.39 is 17.2 Å². The molecule has 2 aromatic rings. The number of aromatic nitrogens is 2. The lowest BCUT2D eigenvalue weighted by Crippen LogP contribution is -2.53. The summed E-state index contributed by atoms with van der Waals surface area (Å²) in [4.78, 5) is 14.7. The number of ether oxygens (including phenoxy) is 1. The first-order valence-corrected chi connectivity index (χ1v) is 8.94. The summed E-state index contributed by atoms with van der Waals surface area (Å²) >= 11 is 6.20. The molecule has 0 atom stereocenters. The summed E-state index contributed by atoms with van der Waals surface area (Å²) in [5, 5.41) is 7.07. The maximum Gasteiger partial charge on any atom is 0.292 e. The summed E-state index contributed by atoms with van der Waals surface area (Å²) in [6.45, 7) is 1.88. The van der Waals surface area contributed by atoms with Crippen LogP contribution in [0.25, 0.3) is 5.69 Å². The van der Waals surface area contributed by atoms with Crippen LogP contribution in [0.15, 0.2) is 29.2 Å². The largest absolute Gasteiger partial charge is 0.381 e. The molecule has 1 aliphatic heterocycles. The van der Waals surface area contributed by atoms with E-state index in [9.17, 15) is 13.6 Å². The van der Waals surface area contributed by atoms with Gasteiger partial charge in [0.15, 0.2) is 5.82 Å². The van der Waals surface area contributed by atoms with E-state index in [4.69, 9.17) is 16.3 Å². The van der Waals surface area contributed by atoms with Gasteiger partial charge in [0.2, 0.25) is 0 Å². The number of halogens is 3. The van der Waals surface area contributed by atoms with E-state index in [2.05, 4.69) is 15.3 Å². The number of benzene rings is 1. The van der Waals surface area contributed by atoms with Crippen LogP contribution in [0.4, 0.5) is 14.5 Å². The summed E-state index contributed by atoms with van der Waals surface area (Å²) in [6, 6.07) is 2.89. The molecule has 0 bridgehead atoms. The Bertz CT molecular complexity index is 882. The summed E-state index contributed by atoms with van der Waals surface area (Å²) in [7, 11) is 4.00. The smallest absolute Gasteiger partial charge is 0.292 e. The van der Waals surface area contributed by atoms with Crippen molar-refractivity contribution in [3.63, 3.8) is 0 Å². The van der Waals surface area contributed by atoms with Crippen LogP contribution >= 0.6 is 11.6 Å². The summed E-state index contributed by atoms with van der Waals surface area (Å²) in [5.74, 6) is -1.63. The normalized spacial score (nSPS) is 16.5. The van der Waals surface area contributed by atoms with E-state index >= 15 is 0 Å². The SMILES string of the molecule is CN(C)C1(CNc2cnn(-c3ccc(F)cc3F)c(=O)c2Cl)CCOCC1. The minimum absolute atomic E-state index is 0.102. The highest BCUT2D eigenvalue weighted by Crippen LogP contribution is 2.27. The molecule has 1 N–H and O–H groups in total. The van der Waals surface area contributed by atoms with Crippen LogP contribution in [0.1, 0.15) is 12.8 Å². The molecule has 0 radical (unpaired) electrons. The van der Waals surface area contributed by atoms with Crippen molar-refractivity contribution in [3.8, 4) is 5.69 Å². The third kappa shape index (κ3) is 3.97. The molecule has 6 nitrogen and oxygen atoms in total. The Hall–Kier alpha value is -2.03. The lowest BCUT2D eigenvalue weighted by atomic mass is 9.88. The first-order chi connectivity index (χ1) is 12.8. The zero-order valence-corrected chi connectivity index (χ0v) is 15.9. The van der Waals surface area contributed by atoms with Gasteiger partial charge in [-0.1, -0.05) is 11.6 Å². The van der Waals surface area contributed by atoms with Gasteiger partial charge in [-0.2, -0.15) is 9.78 Å². The topological polar surface area (TPSA) is 59.4 Å². The number of nitrogens with one attached hydrogen (secondary N) is 1. The summed E-state index contributed by atoms with van der Waals surface area (Å²) < 4.78 is 33.3. The molecule has 0 aliphatic carbocycles. The Labute approximate surface area is 160 Å². The van der Waals surface area contributed by atoms with E-state index in [1.54, 1.807) is 0 Å². The maximum absolute atomic E-state index is 14.0. The highest BCUT2D eigenvalue weighted by atomic mass is 35.5. The Kier molecular flexibility index (Phi) is 5.78. The number of anilines is 1. The van der Waals surface area contributed by atoms with Crippen LogP contribution in [-0.2, 0) is 4.74 Å². The van der Waals surface area contributed by atoms with Gasteiger partial charge in [0.05, 0.1) is 11.9 Å². The number of hydrogen-bond donors (Lipinski definition) is 1. The Balaban J connectivity index is 1.86. The Morgan fingerprint density at radius 3 is 2.67 bits per heavy atom. The van der Waals surface area contributed by atoms with Gasteiger partial charge < -0.3 is 15.0 Å². The molecule has 1 aromatic carbocycles. The Morgan fingerprint density at radius 2 is 2.04 bits per heavy atom. The monoisotopic (exact) mass is 398 g/mol. The average Bonchev–Trinajstić information content (AvgIpc) is 2.64. The molecule has 1 aliphatic rings. The highest BCUT2D eigenvalue weighted by molar-refractivity contribution is 6.32. The van der Waals surface area contributed by atoms with Gasteiger partial charge in [-0.15, -0.1) is 0 Å². The molecule has 0 unspecified atom stereocenters. The van der Waals surface area contributed by atoms with Gasteiger partial charge in [0.25, 0.3) is 5.56 Å². The van der Waals surface area contributed by atoms with E-state index in [1.807, 2.05) is 14.1 Å². The molecular weight excluding hydrogens is 378 g/mol. The molecule has 0 saturated carbocycles. The fourth-order valence-corrected chi connectivity index (χ4v) is 3.37. The summed E-state index contributed by atoms with van der Waals surface area (Å²) in [6.07, 6.45) is 3.06. The van der Waals surface area contributed by atoms with E-state index in [-0.39, 0.29) is 16.2 Å². The maximum atomic E-state index is 14.0. The fraction of sp³-hybridized carbons (Fsp3) is 0.444. The Morgan fingerprint density at radius 1 is 1.33 bits per heavy atom. The zero-order valence-electron chi connectivity index (χ0n) is 15.1. The zero-order chi connectivity index (χ0) is 19.6. The van der Waals surface area contributed by atoms with Crippen molar-refractivity contribution in [3.05, 3.63) is 51.4 Å². The van der Waals surface area contributed by atoms with E-state index in [1.165, 1.54) is 6.20 Å². The first-order valence-electron chi connectivity index (χ1n) is 8.56. The van der Waals surface area contributed by atoms with E-state index in [0.717, 1.165) is 29.7 Å². The molecule has 1 aromatic heterocycles. The van der Waals surface area contributed by atoms with Crippen LogP contribution in [0.2, 0.25) is 5.02 Å². The minimum Gasteiger partial charge on any atom is -0.381 e. The second-order valence-electron chi connectivity index (χ2n) is 6.77. The standard InChI is InChI=1S/C18H21ClF2N4O2/c1-24(2)18(5-7-27-8-6-18)11-22-14-10-23-25(17(26)16(14)19)15-4-3-12(20)9-13(15)21/h3-4,9-10,22H,5-8,11H2,1-2H3. The van der Waals surface area contributed by atoms with E-state index in [0.29, 0.717) is 31.5 Å². The number of nitrogens with zero attached hydrogens (tertiary/aromatic N) is 3. The molecule has 146 valence electrons. The van der Waals surface area contributed by atoms with Crippen molar-refractivity contribution in [2.45, 2.75) is 18.4 Å². The van der Waals surface area contributed by atoms with Crippen LogP contribution in [0, 0.1) is 11.6 Å². The molecule has 1 saturated heterocycles. The van der Waals surface area contributed by atoms with Crippen molar-refractivity contribution in [2.75, 3.05) is 39.2 Å². The molecule has 0 amide bonds. The van der Waals surface area contributed by atoms with Gasteiger partial charge >= 0.3 is 0 Å². The summed E-state index contributed by atoms with van der Waals surface area (Å²) in [5.41, 5.74) is -0.602. The molecule has 0 spiro atoms. The molecule has 2 heterocycles. The van der Waals surface area contributed by atoms with Crippen LogP contribution < -0.4 is 10.9 Å². The molecule has 9 heteroatoms. The highest BCUT2D eigenvalue weighted by Gasteiger charge is 2.34. The second kappa shape index (κ2) is 7.92. The third-order valence-corrected chi connectivity index (χ3v) is 5.40. The second-order valence-corrected chi connectivity index (χ2v) is 7.15. The molecule has 1 fully saturated rings. The van der Waals surface area contributed by atoms with Crippen molar-refractivity contribution in [2.24, 2.45) is 0 Å². The van der Waals surface area contributed by atoms with Gasteiger partial charge in [0.1, 0.15) is 16.5 Å². The fourth-order valence-electron chi connectivity index (χ4n) is 3.17. The molecule has 3 rings (SSSR count). The van der Waals surface area contributed by atoms with Gasteiger partial charge in [-0.05, 0) is 39.1 Å². The van der Waals surface area contributed by atoms with Crippen LogP contribution in [-0.4, -0.2) is 54.1 Å². The number of likely N-dealkylation sites (N-methyl/N-ethyl adjacent to an activating group) is 1. The van der Waals surface area contributed by atoms with Crippen molar-refractivity contribution in [1.29, 1.82) is 0 Å². The van der Waals surface area contributed by atoms with Crippen LogP contribution in [0.5, 0.6) is 0 Å². The quantitative estimate of drug-likeness (QED) is 0.839. The molecular formula is C18H21ClF2N4O2. The lowest BCUT2D eigenvalue weighted by Gasteiger charge is -2.43. The molecule has 27 heavy (non-hydrogen) atoms. The predicted molar refractivity (Wildman–Crippen MR) is 99.7 cm³/mol. The van der Waals surface area contributed by atoms with Crippen molar-refractivity contribution in [1.82, 2.24) is 14.7 Å². The first kappa shape index (κ1) is 19.7. The number of rotatable bonds is 5. The van der Waals surface area contributed by atoms with Gasteiger partial charge in [-0.25, -0.2) is 8.78 Å². The average molecular weight is 399 g/mol. The minimum atomic E-state index is -0.893. The predicted octanol–water partition coefficient (Wildman–Crippen LogP) is 2.69. The third-order valence-electron chi connectivity index (χ3n) is 5.04. The van der Waals surface area contributed by atoms with Crippen LogP contribution in [0.3, 0.4) is 0 Å².